The molecule has 7 nitrogen and oxygen atoms in total. The van der Waals surface area contributed by atoms with E-state index in [4.69, 9.17) is 0 Å². The summed E-state index contributed by atoms with van der Waals surface area (Å²) in [5.74, 6) is -0.204. The Morgan fingerprint density at radius 3 is 2.19 bits per heavy atom. The van der Waals surface area contributed by atoms with Crippen LogP contribution in [0.25, 0.3) is 0 Å². The zero-order valence-corrected chi connectivity index (χ0v) is 16.2. The Morgan fingerprint density at radius 1 is 1.00 bits per heavy atom. The molecule has 2 aromatic carbocycles. The normalized spacial score (nSPS) is 11.8. The van der Waals surface area contributed by atoms with E-state index in [-0.39, 0.29) is 27.8 Å². The molecule has 0 saturated carbocycles. The molecule has 0 unspecified atom stereocenters. The molecule has 9 heteroatoms. The van der Waals surface area contributed by atoms with Crippen LogP contribution in [0.1, 0.15) is 18.9 Å². The van der Waals surface area contributed by atoms with Gasteiger partial charge in [-0.1, -0.05) is 25.1 Å². The lowest BCUT2D eigenvalue weighted by Gasteiger charge is -2.14. The summed E-state index contributed by atoms with van der Waals surface area (Å²) in [5.41, 5.74) is 1.32. The molecule has 0 spiro atoms. The third-order valence-electron chi connectivity index (χ3n) is 3.62. The van der Waals surface area contributed by atoms with Gasteiger partial charge in [-0.2, -0.15) is 0 Å². The van der Waals surface area contributed by atoms with Gasteiger partial charge in [-0.25, -0.2) is 16.8 Å². The molecule has 2 rings (SSSR count). The van der Waals surface area contributed by atoms with Crippen molar-refractivity contribution >= 4 is 37.1 Å². The molecule has 26 heavy (non-hydrogen) atoms. The first kappa shape index (κ1) is 19.9. The second-order valence-electron chi connectivity index (χ2n) is 5.76. The number of hydrogen-bond donors (Lipinski definition) is 2. The van der Waals surface area contributed by atoms with E-state index in [9.17, 15) is 21.6 Å². The van der Waals surface area contributed by atoms with Crippen LogP contribution in [0.5, 0.6) is 0 Å². The SMILES string of the molecule is CCC(=O)Nc1ccc(C)c(NS(=O)(=O)c2ccccc2S(C)(=O)=O)c1. The fourth-order valence-electron chi connectivity index (χ4n) is 2.24. The highest BCUT2D eigenvalue weighted by molar-refractivity contribution is 7.95. The van der Waals surface area contributed by atoms with Gasteiger partial charge in [-0.05, 0) is 36.8 Å². The van der Waals surface area contributed by atoms with E-state index in [0.717, 1.165) is 6.26 Å². The van der Waals surface area contributed by atoms with Gasteiger partial charge in [-0.3, -0.25) is 9.52 Å². The van der Waals surface area contributed by atoms with E-state index < -0.39 is 19.9 Å². The molecule has 0 aromatic heterocycles. The molecular weight excluding hydrogens is 376 g/mol. The number of rotatable bonds is 6. The Bertz CT molecular complexity index is 1040. The van der Waals surface area contributed by atoms with Crippen molar-refractivity contribution in [2.24, 2.45) is 0 Å². The first-order valence-electron chi connectivity index (χ1n) is 7.77. The van der Waals surface area contributed by atoms with Crippen LogP contribution in [0.15, 0.2) is 52.3 Å². The van der Waals surface area contributed by atoms with E-state index in [2.05, 4.69) is 10.0 Å². The number of aryl methyl sites for hydroxylation is 1. The predicted octanol–water partition coefficient (Wildman–Crippen LogP) is 2.55. The Hall–Kier alpha value is -2.39. The maximum absolute atomic E-state index is 12.7. The topological polar surface area (TPSA) is 109 Å². The summed E-state index contributed by atoms with van der Waals surface area (Å²) < 4.78 is 51.7. The van der Waals surface area contributed by atoms with Crippen LogP contribution in [-0.2, 0) is 24.7 Å². The van der Waals surface area contributed by atoms with Crippen molar-refractivity contribution in [1.82, 2.24) is 0 Å². The third kappa shape index (κ3) is 4.61. The number of amides is 1. The number of sulfone groups is 1. The first-order chi connectivity index (χ1) is 12.0. The van der Waals surface area contributed by atoms with Crippen LogP contribution in [-0.4, -0.2) is 29.0 Å². The lowest BCUT2D eigenvalue weighted by molar-refractivity contribution is -0.115. The lowest BCUT2D eigenvalue weighted by Crippen LogP contribution is -2.17. The van der Waals surface area contributed by atoms with Gasteiger partial charge >= 0.3 is 0 Å². The fourth-order valence-corrected chi connectivity index (χ4v) is 4.99. The van der Waals surface area contributed by atoms with Crippen molar-refractivity contribution in [3.05, 3.63) is 48.0 Å². The highest BCUT2D eigenvalue weighted by atomic mass is 32.2. The van der Waals surface area contributed by atoms with E-state index in [1.54, 1.807) is 26.0 Å². The summed E-state index contributed by atoms with van der Waals surface area (Å²) in [5, 5.41) is 2.65. The minimum Gasteiger partial charge on any atom is -0.326 e. The smallest absolute Gasteiger partial charge is 0.263 e. The molecule has 0 saturated heterocycles. The van der Waals surface area contributed by atoms with Crippen molar-refractivity contribution in [2.75, 3.05) is 16.3 Å². The average Bonchev–Trinajstić information content (AvgIpc) is 2.57. The molecule has 0 fully saturated rings. The van der Waals surface area contributed by atoms with Crippen molar-refractivity contribution < 1.29 is 21.6 Å². The van der Waals surface area contributed by atoms with Crippen molar-refractivity contribution in [1.29, 1.82) is 0 Å². The third-order valence-corrected chi connectivity index (χ3v) is 6.33. The average molecular weight is 396 g/mol. The molecule has 0 heterocycles. The Balaban J connectivity index is 2.45. The number of carbonyl (C=O) groups is 1. The number of anilines is 2. The monoisotopic (exact) mass is 396 g/mol. The quantitative estimate of drug-likeness (QED) is 0.780. The molecule has 0 bridgehead atoms. The van der Waals surface area contributed by atoms with E-state index in [0.29, 0.717) is 11.3 Å². The van der Waals surface area contributed by atoms with Gasteiger partial charge in [0.05, 0.1) is 10.6 Å². The largest absolute Gasteiger partial charge is 0.326 e. The Kier molecular flexibility index (Phi) is 5.72. The van der Waals surface area contributed by atoms with Gasteiger partial charge in [0, 0.05) is 18.4 Å². The Labute approximate surface area is 153 Å². The molecule has 0 atom stereocenters. The zero-order valence-electron chi connectivity index (χ0n) is 14.6. The minimum absolute atomic E-state index is 0.204. The first-order valence-corrected chi connectivity index (χ1v) is 11.1. The fraction of sp³-hybridized carbons (Fsp3) is 0.235. The molecule has 1 amide bonds. The van der Waals surface area contributed by atoms with Crippen LogP contribution in [0.4, 0.5) is 11.4 Å². The van der Waals surface area contributed by atoms with Crippen molar-refractivity contribution in [3.8, 4) is 0 Å². The molecule has 140 valence electrons. The maximum atomic E-state index is 12.7. The maximum Gasteiger partial charge on any atom is 0.263 e. The summed E-state index contributed by atoms with van der Waals surface area (Å²) in [6, 6.07) is 10.2. The highest BCUT2D eigenvalue weighted by Gasteiger charge is 2.24. The van der Waals surface area contributed by atoms with Crippen LogP contribution in [0.3, 0.4) is 0 Å². The number of hydrogen-bond acceptors (Lipinski definition) is 5. The summed E-state index contributed by atoms with van der Waals surface area (Å²) in [7, 11) is -7.86. The molecule has 0 aliphatic rings. The number of benzene rings is 2. The van der Waals surface area contributed by atoms with Crippen LogP contribution in [0.2, 0.25) is 0 Å². The van der Waals surface area contributed by atoms with Gasteiger partial charge in [0.25, 0.3) is 10.0 Å². The predicted molar refractivity (Wildman–Crippen MR) is 100 cm³/mol. The number of nitrogens with one attached hydrogen (secondary N) is 2. The molecule has 0 aliphatic carbocycles. The Morgan fingerprint density at radius 2 is 1.62 bits per heavy atom. The lowest BCUT2D eigenvalue weighted by atomic mass is 10.2. The van der Waals surface area contributed by atoms with Crippen LogP contribution < -0.4 is 10.0 Å². The molecular formula is C17H20N2O5S2. The second kappa shape index (κ2) is 7.46. The zero-order chi connectivity index (χ0) is 19.5. The molecule has 2 aromatic rings. The van der Waals surface area contributed by atoms with Gasteiger partial charge in [-0.15, -0.1) is 0 Å². The summed E-state index contributed by atoms with van der Waals surface area (Å²) in [6.07, 6.45) is 1.24. The molecule has 0 aliphatic heterocycles. The number of sulfonamides is 1. The van der Waals surface area contributed by atoms with Gasteiger partial charge in [0.2, 0.25) is 5.91 Å². The molecule has 2 N–H and O–H groups in total. The van der Waals surface area contributed by atoms with Crippen molar-refractivity contribution in [2.45, 2.75) is 30.1 Å². The van der Waals surface area contributed by atoms with Gasteiger partial charge in [0.15, 0.2) is 9.84 Å². The summed E-state index contributed by atoms with van der Waals surface area (Å²) >= 11 is 0. The van der Waals surface area contributed by atoms with E-state index in [1.807, 2.05) is 0 Å². The van der Waals surface area contributed by atoms with Crippen LogP contribution in [0, 0.1) is 6.92 Å². The second-order valence-corrected chi connectivity index (χ2v) is 9.39. The number of carbonyl (C=O) groups excluding carboxylic acids is 1. The summed E-state index contributed by atoms with van der Waals surface area (Å²) in [4.78, 5) is 10.9. The van der Waals surface area contributed by atoms with Gasteiger partial charge in [0.1, 0.15) is 4.90 Å². The standard InChI is InChI=1S/C17H20N2O5S2/c1-4-17(20)18-13-10-9-12(2)14(11-13)19-26(23,24)16-8-6-5-7-15(16)25(3,21)22/h5-11,19H,4H2,1-3H3,(H,18,20). The summed E-state index contributed by atoms with van der Waals surface area (Å²) in [6.45, 7) is 3.40. The van der Waals surface area contributed by atoms with Crippen LogP contribution >= 0.6 is 0 Å². The van der Waals surface area contributed by atoms with Crippen molar-refractivity contribution in [3.63, 3.8) is 0 Å². The molecule has 0 radical (unpaired) electrons. The minimum atomic E-state index is -4.14. The van der Waals surface area contributed by atoms with Gasteiger partial charge < -0.3 is 5.32 Å². The highest BCUT2D eigenvalue weighted by Crippen LogP contribution is 2.26. The van der Waals surface area contributed by atoms with E-state index in [1.165, 1.54) is 30.3 Å². The van der Waals surface area contributed by atoms with E-state index >= 15 is 0 Å².